The molecule has 0 saturated heterocycles. The Hall–Kier alpha value is -2.69. The van der Waals surface area contributed by atoms with Crippen molar-refractivity contribution in [1.82, 2.24) is 0 Å². The van der Waals surface area contributed by atoms with Crippen molar-refractivity contribution in [1.29, 1.82) is 0 Å². The van der Waals surface area contributed by atoms with Crippen LogP contribution in [0.4, 0.5) is 0 Å². The van der Waals surface area contributed by atoms with Crippen molar-refractivity contribution in [3.05, 3.63) is 53.6 Å². The van der Waals surface area contributed by atoms with E-state index in [9.17, 15) is 20.1 Å². The van der Waals surface area contributed by atoms with Crippen LogP contribution in [0.3, 0.4) is 0 Å². The monoisotopic (exact) mass is 286 g/mol. The highest BCUT2D eigenvalue weighted by atomic mass is 16.5. The van der Waals surface area contributed by atoms with Gasteiger partial charge in [0.05, 0.1) is 0 Å². The van der Waals surface area contributed by atoms with Crippen LogP contribution in [-0.4, -0.2) is 27.4 Å². The van der Waals surface area contributed by atoms with Crippen molar-refractivity contribution in [2.45, 2.75) is 18.4 Å². The van der Waals surface area contributed by atoms with Gasteiger partial charge in [-0.15, -0.1) is 0 Å². The van der Waals surface area contributed by atoms with Gasteiger partial charge in [0, 0.05) is 12.0 Å². The Morgan fingerprint density at radius 3 is 2.38 bits per heavy atom. The van der Waals surface area contributed by atoms with Gasteiger partial charge in [-0.2, -0.15) is 0 Å². The molecule has 2 unspecified atom stereocenters. The van der Waals surface area contributed by atoms with Crippen LogP contribution in [0.5, 0.6) is 17.2 Å². The molecular formula is C16H14O5. The van der Waals surface area contributed by atoms with E-state index in [0.717, 1.165) is 11.1 Å². The fourth-order valence-corrected chi connectivity index (χ4v) is 2.62. The summed E-state index contributed by atoms with van der Waals surface area (Å²) in [6, 6.07) is 11.2. The summed E-state index contributed by atoms with van der Waals surface area (Å²) in [5.41, 5.74) is 1.64. The average molecular weight is 286 g/mol. The molecule has 108 valence electrons. The van der Waals surface area contributed by atoms with E-state index in [1.54, 1.807) is 24.3 Å². The molecule has 5 heteroatoms. The predicted molar refractivity (Wildman–Crippen MR) is 74.7 cm³/mol. The molecule has 2 atom stereocenters. The molecule has 5 nitrogen and oxygen atoms in total. The molecule has 0 spiro atoms. The smallest absolute Gasteiger partial charge is 0.345 e. The van der Waals surface area contributed by atoms with Crippen molar-refractivity contribution in [3.63, 3.8) is 0 Å². The average Bonchev–Trinajstić information content (AvgIpc) is 2.46. The summed E-state index contributed by atoms with van der Waals surface area (Å²) in [4.78, 5) is 11.5. The maximum atomic E-state index is 11.5. The Labute approximate surface area is 121 Å². The van der Waals surface area contributed by atoms with Crippen LogP contribution in [0, 0.1) is 0 Å². The first kappa shape index (κ1) is 13.3. The van der Waals surface area contributed by atoms with Gasteiger partial charge in [-0.3, -0.25) is 0 Å². The minimum atomic E-state index is -1.05. The Balaban J connectivity index is 2.00. The number of carboxylic acid groups (broad SMARTS) is 1. The maximum Gasteiger partial charge on any atom is 0.345 e. The number of fused-ring (bicyclic) bond motifs is 1. The number of benzene rings is 2. The number of ether oxygens (including phenoxy) is 1. The van der Waals surface area contributed by atoms with Gasteiger partial charge in [-0.1, -0.05) is 18.2 Å². The maximum absolute atomic E-state index is 11.5. The number of rotatable bonds is 2. The van der Waals surface area contributed by atoms with Crippen LogP contribution in [0.2, 0.25) is 0 Å². The van der Waals surface area contributed by atoms with Gasteiger partial charge in [0.15, 0.2) is 0 Å². The summed E-state index contributed by atoms with van der Waals surface area (Å²) < 4.78 is 5.55. The fraction of sp³-hybridized carbons (Fsp3) is 0.188. The van der Waals surface area contributed by atoms with E-state index >= 15 is 0 Å². The Morgan fingerprint density at radius 1 is 1.05 bits per heavy atom. The van der Waals surface area contributed by atoms with E-state index in [2.05, 4.69) is 0 Å². The predicted octanol–water partition coefficient (Wildman–Crippen LogP) is 2.27. The van der Waals surface area contributed by atoms with Crippen LogP contribution in [-0.2, 0) is 11.2 Å². The van der Waals surface area contributed by atoms with E-state index < -0.39 is 12.1 Å². The van der Waals surface area contributed by atoms with Gasteiger partial charge < -0.3 is 20.1 Å². The molecule has 3 rings (SSSR count). The lowest BCUT2D eigenvalue weighted by molar-refractivity contribution is -0.146. The van der Waals surface area contributed by atoms with Crippen molar-refractivity contribution in [2.75, 3.05) is 0 Å². The molecule has 0 amide bonds. The quantitative estimate of drug-likeness (QED) is 0.788. The SMILES string of the molecule is O=C(O)C1Oc2cc(O)ccc2CC1c1ccc(O)cc1. The summed E-state index contributed by atoms with van der Waals surface area (Å²) in [6.45, 7) is 0. The number of aromatic hydroxyl groups is 2. The summed E-state index contributed by atoms with van der Waals surface area (Å²) >= 11 is 0. The molecule has 0 radical (unpaired) electrons. The van der Waals surface area contributed by atoms with Crippen LogP contribution in [0.1, 0.15) is 17.0 Å². The Morgan fingerprint density at radius 2 is 1.71 bits per heavy atom. The number of carboxylic acids is 1. The summed E-state index contributed by atoms with van der Waals surface area (Å²) in [7, 11) is 0. The van der Waals surface area contributed by atoms with Crippen LogP contribution >= 0.6 is 0 Å². The second-order valence-corrected chi connectivity index (χ2v) is 5.07. The summed E-state index contributed by atoms with van der Waals surface area (Å²) in [5, 5.41) is 28.2. The van der Waals surface area contributed by atoms with E-state index in [0.29, 0.717) is 12.2 Å². The van der Waals surface area contributed by atoms with Crippen molar-refractivity contribution < 1.29 is 24.9 Å². The zero-order chi connectivity index (χ0) is 15.0. The molecule has 3 N–H and O–H groups in total. The van der Waals surface area contributed by atoms with Crippen LogP contribution in [0.15, 0.2) is 42.5 Å². The van der Waals surface area contributed by atoms with Gasteiger partial charge in [-0.05, 0) is 35.7 Å². The first-order chi connectivity index (χ1) is 10.0. The van der Waals surface area contributed by atoms with E-state index in [-0.39, 0.29) is 17.4 Å². The molecule has 1 aliphatic rings. The topological polar surface area (TPSA) is 87.0 Å². The minimum absolute atomic E-state index is 0.0426. The molecule has 0 aromatic heterocycles. The first-order valence-electron chi connectivity index (χ1n) is 6.55. The number of carbonyl (C=O) groups is 1. The largest absolute Gasteiger partial charge is 0.508 e. The summed E-state index contributed by atoms with van der Waals surface area (Å²) in [5.74, 6) is -0.826. The van der Waals surface area contributed by atoms with Gasteiger partial charge in [0.2, 0.25) is 6.10 Å². The van der Waals surface area contributed by atoms with E-state index in [4.69, 9.17) is 4.74 Å². The van der Waals surface area contributed by atoms with Crippen LogP contribution in [0.25, 0.3) is 0 Å². The highest BCUT2D eigenvalue weighted by Crippen LogP contribution is 2.38. The van der Waals surface area contributed by atoms with Gasteiger partial charge in [0.1, 0.15) is 17.2 Å². The molecule has 2 aromatic rings. The molecular weight excluding hydrogens is 272 g/mol. The number of hydrogen-bond donors (Lipinski definition) is 3. The normalized spacial score (nSPS) is 20.4. The Kier molecular flexibility index (Phi) is 3.17. The highest BCUT2D eigenvalue weighted by molar-refractivity contribution is 5.75. The molecule has 0 fully saturated rings. The molecule has 1 aliphatic heterocycles. The number of hydrogen-bond acceptors (Lipinski definition) is 4. The zero-order valence-corrected chi connectivity index (χ0v) is 11.1. The lowest BCUT2D eigenvalue weighted by Crippen LogP contribution is -2.38. The molecule has 1 heterocycles. The van der Waals surface area contributed by atoms with Gasteiger partial charge in [-0.25, -0.2) is 4.79 Å². The third-order valence-electron chi connectivity index (χ3n) is 3.67. The number of phenols is 2. The molecule has 0 aliphatic carbocycles. The van der Waals surface area contributed by atoms with E-state index in [1.807, 2.05) is 0 Å². The van der Waals surface area contributed by atoms with Crippen molar-refractivity contribution in [3.8, 4) is 17.2 Å². The highest BCUT2D eigenvalue weighted by Gasteiger charge is 2.36. The second-order valence-electron chi connectivity index (χ2n) is 5.07. The molecule has 21 heavy (non-hydrogen) atoms. The summed E-state index contributed by atoms with van der Waals surface area (Å²) in [6.07, 6.45) is -0.527. The zero-order valence-electron chi connectivity index (χ0n) is 11.1. The number of aliphatic carboxylic acids is 1. The molecule has 0 bridgehead atoms. The number of phenolic OH excluding ortho intramolecular Hbond substituents is 2. The van der Waals surface area contributed by atoms with Gasteiger partial charge in [0.25, 0.3) is 0 Å². The third-order valence-corrected chi connectivity index (χ3v) is 3.67. The molecule has 0 saturated carbocycles. The minimum Gasteiger partial charge on any atom is -0.508 e. The lowest BCUT2D eigenvalue weighted by Gasteiger charge is -2.31. The van der Waals surface area contributed by atoms with Crippen molar-refractivity contribution in [2.24, 2.45) is 0 Å². The van der Waals surface area contributed by atoms with Gasteiger partial charge >= 0.3 is 5.97 Å². The van der Waals surface area contributed by atoms with Crippen LogP contribution < -0.4 is 4.74 Å². The molecule has 2 aromatic carbocycles. The van der Waals surface area contributed by atoms with Crippen molar-refractivity contribution >= 4 is 5.97 Å². The second kappa shape index (κ2) is 5.01. The lowest BCUT2D eigenvalue weighted by atomic mass is 9.85. The standard InChI is InChI=1S/C16H14O5/c17-11-4-1-9(2-5-11)13-7-10-3-6-12(18)8-14(10)21-15(13)16(19)20/h1-6,8,13,15,17-18H,7H2,(H,19,20). The Bertz CT molecular complexity index is 678. The fourth-order valence-electron chi connectivity index (χ4n) is 2.62. The third kappa shape index (κ3) is 2.50. The first-order valence-corrected chi connectivity index (χ1v) is 6.55. The van der Waals surface area contributed by atoms with E-state index in [1.165, 1.54) is 18.2 Å².